The van der Waals surface area contributed by atoms with E-state index in [1.54, 1.807) is 0 Å². The Bertz CT molecular complexity index is 102. The second-order valence-electron chi connectivity index (χ2n) is 3.25. The summed E-state index contributed by atoms with van der Waals surface area (Å²) < 4.78 is 0. The monoisotopic (exact) mass is 219 g/mol. The zero-order valence-corrected chi connectivity index (χ0v) is 11.6. The SMILES string of the molecule is CC.CC.CNCCN1CCN(C)CC1.[HH]. The second-order valence-corrected chi connectivity index (χ2v) is 3.25. The van der Waals surface area contributed by atoms with Gasteiger partial charge in [0.05, 0.1) is 0 Å². The Morgan fingerprint density at radius 2 is 1.47 bits per heavy atom. The molecule has 0 amide bonds. The van der Waals surface area contributed by atoms with E-state index in [0.717, 1.165) is 6.54 Å². The van der Waals surface area contributed by atoms with Crippen LogP contribution < -0.4 is 5.32 Å². The van der Waals surface area contributed by atoms with E-state index in [-0.39, 0.29) is 1.43 Å². The van der Waals surface area contributed by atoms with Gasteiger partial charge in [-0.2, -0.15) is 0 Å². The topological polar surface area (TPSA) is 18.5 Å². The van der Waals surface area contributed by atoms with Gasteiger partial charge in [0.1, 0.15) is 0 Å². The minimum Gasteiger partial charge on any atom is -0.318 e. The van der Waals surface area contributed by atoms with Gasteiger partial charge >= 0.3 is 0 Å². The molecule has 3 heteroatoms. The van der Waals surface area contributed by atoms with Crippen molar-refractivity contribution in [2.24, 2.45) is 0 Å². The Morgan fingerprint density at radius 1 is 1.00 bits per heavy atom. The normalized spacial score (nSPS) is 17.2. The number of nitrogens with zero attached hydrogens (tertiary/aromatic N) is 2. The number of likely N-dealkylation sites (N-methyl/N-ethyl adjacent to an activating group) is 2. The van der Waals surface area contributed by atoms with E-state index in [9.17, 15) is 0 Å². The highest BCUT2D eigenvalue weighted by molar-refractivity contribution is 4.69. The van der Waals surface area contributed by atoms with Crippen LogP contribution in [-0.4, -0.2) is 63.2 Å². The Balaban J connectivity index is -0.000000305. The smallest absolute Gasteiger partial charge is 0.0110 e. The quantitative estimate of drug-likeness (QED) is 0.780. The molecule has 1 rings (SSSR count). The third-order valence-corrected chi connectivity index (χ3v) is 2.27. The van der Waals surface area contributed by atoms with E-state index >= 15 is 0 Å². The van der Waals surface area contributed by atoms with Gasteiger partial charge in [-0.1, -0.05) is 27.7 Å². The molecule has 0 unspecified atom stereocenters. The van der Waals surface area contributed by atoms with Crippen LogP contribution in [0.3, 0.4) is 0 Å². The summed E-state index contributed by atoms with van der Waals surface area (Å²) in [4.78, 5) is 4.90. The van der Waals surface area contributed by atoms with Gasteiger partial charge in [-0.05, 0) is 14.1 Å². The lowest BCUT2D eigenvalue weighted by Crippen LogP contribution is -2.46. The molecule has 0 aromatic heterocycles. The van der Waals surface area contributed by atoms with Crippen LogP contribution in [0, 0.1) is 0 Å². The van der Waals surface area contributed by atoms with Crippen LogP contribution >= 0.6 is 0 Å². The molecule has 1 fully saturated rings. The predicted molar refractivity (Wildman–Crippen MR) is 72.7 cm³/mol. The Kier molecular flexibility index (Phi) is 16.0. The fourth-order valence-corrected chi connectivity index (χ4v) is 1.34. The number of hydrogen-bond acceptors (Lipinski definition) is 3. The van der Waals surface area contributed by atoms with Gasteiger partial charge < -0.3 is 10.2 Å². The second kappa shape index (κ2) is 13.9. The maximum Gasteiger partial charge on any atom is 0.0110 e. The first-order chi connectivity index (χ1) is 7.33. The van der Waals surface area contributed by atoms with Crippen LogP contribution in [-0.2, 0) is 0 Å². The molecule has 1 aliphatic heterocycles. The first-order valence-corrected chi connectivity index (χ1v) is 6.38. The predicted octanol–water partition coefficient (Wildman–Crippen LogP) is 1.75. The number of rotatable bonds is 3. The molecule has 0 aliphatic carbocycles. The molecular weight excluding hydrogens is 186 g/mol. The first-order valence-electron chi connectivity index (χ1n) is 6.38. The minimum absolute atomic E-state index is 0. The standard InChI is InChI=1S/C8H19N3.2C2H6.H2/c1-9-3-4-11-7-5-10(2)6-8-11;2*1-2;/h9H,3-8H2,1-2H3;2*1-2H3;1H. The molecule has 0 atom stereocenters. The summed E-state index contributed by atoms with van der Waals surface area (Å²) >= 11 is 0. The van der Waals surface area contributed by atoms with Gasteiger partial charge in [-0.15, -0.1) is 0 Å². The van der Waals surface area contributed by atoms with Crippen LogP contribution in [0.2, 0.25) is 0 Å². The summed E-state index contributed by atoms with van der Waals surface area (Å²) in [6.07, 6.45) is 0. The zero-order chi connectivity index (χ0) is 12.1. The van der Waals surface area contributed by atoms with Crippen molar-refractivity contribution in [3.63, 3.8) is 0 Å². The molecule has 1 N–H and O–H groups in total. The molecule has 0 aromatic carbocycles. The molecule has 0 aromatic rings. The summed E-state index contributed by atoms with van der Waals surface area (Å²) in [6.45, 7) is 15.2. The van der Waals surface area contributed by atoms with Crippen LogP contribution in [0.1, 0.15) is 29.1 Å². The molecule has 1 saturated heterocycles. The highest BCUT2D eigenvalue weighted by atomic mass is 15.2. The highest BCUT2D eigenvalue weighted by Crippen LogP contribution is 1.96. The van der Waals surface area contributed by atoms with Crippen molar-refractivity contribution in [3.8, 4) is 0 Å². The third kappa shape index (κ3) is 10.2. The maximum atomic E-state index is 3.17. The van der Waals surface area contributed by atoms with Crippen LogP contribution in [0.25, 0.3) is 0 Å². The Morgan fingerprint density at radius 3 is 1.87 bits per heavy atom. The molecule has 0 radical (unpaired) electrons. The van der Waals surface area contributed by atoms with Crippen molar-refractivity contribution in [3.05, 3.63) is 0 Å². The molecular formula is C12H33N3. The number of piperazine rings is 1. The average Bonchev–Trinajstić information content (AvgIpc) is 2.34. The van der Waals surface area contributed by atoms with Crippen molar-refractivity contribution in [1.82, 2.24) is 15.1 Å². The Hall–Kier alpha value is -0.120. The van der Waals surface area contributed by atoms with Crippen LogP contribution in [0.15, 0.2) is 0 Å². The molecule has 0 saturated carbocycles. The van der Waals surface area contributed by atoms with Crippen molar-refractivity contribution in [2.45, 2.75) is 27.7 Å². The number of nitrogens with one attached hydrogen (secondary N) is 1. The summed E-state index contributed by atoms with van der Waals surface area (Å²) in [5.74, 6) is 0. The van der Waals surface area contributed by atoms with Gasteiger partial charge in [0.25, 0.3) is 0 Å². The van der Waals surface area contributed by atoms with Crippen molar-refractivity contribution in [2.75, 3.05) is 53.4 Å². The lowest BCUT2D eigenvalue weighted by molar-refractivity contribution is 0.155. The third-order valence-electron chi connectivity index (χ3n) is 2.27. The van der Waals surface area contributed by atoms with Gasteiger partial charge in [0, 0.05) is 40.7 Å². The average molecular weight is 219 g/mol. The lowest BCUT2D eigenvalue weighted by Gasteiger charge is -2.32. The highest BCUT2D eigenvalue weighted by Gasteiger charge is 2.11. The van der Waals surface area contributed by atoms with E-state index in [2.05, 4.69) is 22.2 Å². The van der Waals surface area contributed by atoms with Gasteiger partial charge in [-0.3, -0.25) is 4.90 Å². The fraction of sp³-hybridized carbons (Fsp3) is 1.00. The number of hydrogen-bond donors (Lipinski definition) is 1. The van der Waals surface area contributed by atoms with Crippen molar-refractivity contribution in [1.29, 1.82) is 0 Å². The van der Waals surface area contributed by atoms with Crippen molar-refractivity contribution < 1.29 is 1.43 Å². The van der Waals surface area contributed by atoms with Gasteiger partial charge in [0.15, 0.2) is 0 Å². The Labute approximate surface area is 98.3 Å². The van der Waals surface area contributed by atoms with Crippen LogP contribution in [0.5, 0.6) is 0 Å². The molecule has 1 aliphatic rings. The fourth-order valence-electron chi connectivity index (χ4n) is 1.34. The van der Waals surface area contributed by atoms with E-state index in [4.69, 9.17) is 0 Å². The van der Waals surface area contributed by atoms with E-state index in [0.29, 0.717) is 0 Å². The summed E-state index contributed by atoms with van der Waals surface area (Å²) in [5.41, 5.74) is 0. The summed E-state index contributed by atoms with van der Waals surface area (Å²) in [5, 5.41) is 3.17. The molecule has 96 valence electrons. The van der Waals surface area contributed by atoms with Gasteiger partial charge in [-0.25, -0.2) is 0 Å². The van der Waals surface area contributed by atoms with Crippen molar-refractivity contribution >= 4 is 0 Å². The molecule has 1 heterocycles. The molecule has 0 spiro atoms. The van der Waals surface area contributed by atoms with E-state index < -0.39 is 0 Å². The van der Waals surface area contributed by atoms with Gasteiger partial charge in [0.2, 0.25) is 0 Å². The summed E-state index contributed by atoms with van der Waals surface area (Å²) in [7, 11) is 4.20. The molecule has 15 heavy (non-hydrogen) atoms. The largest absolute Gasteiger partial charge is 0.318 e. The molecule has 3 nitrogen and oxygen atoms in total. The lowest BCUT2D eigenvalue weighted by atomic mass is 10.3. The first kappa shape index (κ1) is 17.3. The minimum atomic E-state index is 0. The van der Waals surface area contributed by atoms with E-state index in [1.165, 1.54) is 32.7 Å². The van der Waals surface area contributed by atoms with E-state index in [1.807, 2.05) is 34.7 Å². The zero-order valence-electron chi connectivity index (χ0n) is 11.6. The molecule has 0 bridgehead atoms. The van der Waals surface area contributed by atoms with Crippen LogP contribution in [0.4, 0.5) is 0 Å². The summed E-state index contributed by atoms with van der Waals surface area (Å²) in [6, 6.07) is 0. The maximum absolute atomic E-state index is 3.17.